The molecule has 0 aliphatic carbocycles. The van der Waals surface area contributed by atoms with Crippen LogP contribution in [0.25, 0.3) is 0 Å². The standard InChI is InChI=1S/C13H17N3O5S/c1-7(17)21-4-8-5-22-12-9(14-6-15(2)3)11(18)16(12)10(8)13(19)20/h6,9,12H,4-5H2,1-3H3,(H,19,20)/t9-,12-/m0/s1. The number of aliphatic carboxylic acids is 1. The minimum atomic E-state index is -1.20. The Morgan fingerprint density at radius 2 is 2.23 bits per heavy atom. The summed E-state index contributed by atoms with van der Waals surface area (Å²) in [5, 5.41) is 9.05. The largest absolute Gasteiger partial charge is 0.477 e. The van der Waals surface area contributed by atoms with Crippen LogP contribution in [0.5, 0.6) is 0 Å². The predicted octanol–water partition coefficient (Wildman–Crippen LogP) is -0.238. The van der Waals surface area contributed by atoms with Crippen molar-refractivity contribution >= 4 is 35.9 Å². The molecular formula is C13H17N3O5S. The van der Waals surface area contributed by atoms with Gasteiger partial charge in [0.25, 0.3) is 5.91 Å². The van der Waals surface area contributed by atoms with Gasteiger partial charge >= 0.3 is 11.9 Å². The Balaban J connectivity index is 2.21. The van der Waals surface area contributed by atoms with Crippen LogP contribution >= 0.6 is 11.8 Å². The Labute approximate surface area is 131 Å². The lowest BCUT2D eigenvalue weighted by Crippen LogP contribution is -2.64. The van der Waals surface area contributed by atoms with Gasteiger partial charge in [-0.05, 0) is 0 Å². The number of esters is 1. The average molecular weight is 327 g/mol. The van der Waals surface area contributed by atoms with E-state index in [1.807, 2.05) is 0 Å². The van der Waals surface area contributed by atoms with Crippen LogP contribution in [0.4, 0.5) is 0 Å². The van der Waals surface area contributed by atoms with Gasteiger partial charge in [-0.15, -0.1) is 11.8 Å². The first-order valence-corrected chi connectivity index (χ1v) is 7.61. The summed E-state index contributed by atoms with van der Waals surface area (Å²) in [6.07, 6.45) is 1.54. The van der Waals surface area contributed by atoms with Crippen molar-refractivity contribution in [3.8, 4) is 0 Å². The molecule has 1 fully saturated rings. The van der Waals surface area contributed by atoms with Gasteiger partial charge in [0.05, 0.1) is 6.34 Å². The molecule has 0 saturated carbocycles. The van der Waals surface area contributed by atoms with E-state index in [2.05, 4.69) is 4.99 Å². The number of hydrogen-bond donors (Lipinski definition) is 1. The minimum absolute atomic E-state index is 0.0914. The van der Waals surface area contributed by atoms with Crippen LogP contribution in [-0.4, -0.2) is 77.0 Å². The SMILES string of the molecule is CC(=O)OCC1=C(C(=O)O)N2C(=O)[C@H](N=CN(C)C)[C@@H]2SC1. The van der Waals surface area contributed by atoms with Crippen molar-refractivity contribution < 1.29 is 24.2 Å². The summed E-state index contributed by atoms with van der Waals surface area (Å²) in [5.41, 5.74) is 0.332. The number of ether oxygens (including phenoxy) is 1. The number of aliphatic imine (C=N–C) groups is 1. The third-order valence-corrected chi connectivity index (χ3v) is 4.45. The molecule has 0 bridgehead atoms. The fraction of sp³-hybridized carbons (Fsp3) is 0.538. The Kier molecular flexibility index (Phi) is 4.74. The third-order valence-electron chi connectivity index (χ3n) is 3.13. The van der Waals surface area contributed by atoms with Crippen molar-refractivity contribution in [3.05, 3.63) is 11.3 Å². The summed E-state index contributed by atoms with van der Waals surface area (Å²) in [5.74, 6) is -1.66. The normalized spacial score (nSPS) is 24.1. The second-order valence-corrected chi connectivity index (χ2v) is 6.23. The second-order valence-electron chi connectivity index (χ2n) is 5.12. The van der Waals surface area contributed by atoms with E-state index in [4.69, 9.17) is 4.74 Å². The first-order chi connectivity index (χ1) is 10.3. The quantitative estimate of drug-likeness (QED) is 0.322. The van der Waals surface area contributed by atoms with E-state index in [9.17, 15) is 19.5 Å². The Morgan fingerprint density at radius 3 is 2.77 bits per heavy atom. The maximum atomic E-state index is 12.2. The van der Waals surface area contributed by atoms with E-state index in [0.717, 1.165) is 0 Å². The number of amides is 1. The molecule has 120 valence electrons. The molecule has 2 aliphatic heterocycles. The summed E-state index contributed by atoms with van der Waals surface area (Å²) in [7, 11) is 3.58. The fourth-order valence-corrected chi connectivity index (χ4v) is 3.49. The van der Waals surface area contributed by atoms with Gasteiger partial charge in [0.2, 0.25) is 0 Å². The van der Waals surface area contributed by atoms with Crippen LogP contribution in [0, 0.1) is 0 Å². The maximum absolute atomic E-state index is 12.2. The maximum Gasteiger partial charge on any atom is 0.352 e. The predicted molar refractivity (Wildman–Crippen MR) is 80.4 cm³/mol. The van der Waals surface area contributed by atoms with Crippen LogP contribution in [0.15, 0.2) is 16.3 Å². The second kappa shape index (κ2) is 6.39. The van der Waals surface area contributed by atoms with E-state index in [0.29, 0.717) is 11.3 Å². The third kappa shape index (κ3) is 3.08. The number of fused-ring (bicyclic) bond motifs is 1. The van der Waals surface area contributed by atoms with Crippen LogP contribution in [0.3, 0.4) is 0 Å². The van der Waals surface area contributed by atoms with E-state index in [1.54, 1.807) is 25.3 Å². The number of nitrogens with zero attached hydrogens (tertiary/aromatic N) is 3. The van der Waals surface area contributed by atoms with Crippen LogP contribution in [0.1, 0.15) is 6.92 Å². The van der Waals surface area contributed by atoms with Gasteiger partial charge in [0.15, 0.2) is 6.04 Å². The molecule has 2 rings (SSSR count). The van der Waals surface area contributed by atoms with Gasteiger partial charge in [0, 0.05) is 32.3 Å². The van der Waals surface area contributed by atoms with Crippen LogP contribution in [-0.2, 0) is 19.1 Å². The molecule has 1 saturated heterocycles. The van der Waals surface area contributed by atoms with Gasteiger partial charge in [0.1, 0.15) is 17.7 Å². The molecule has 0 aromatic rings. The van der Waals surface area contributed by atoms with Gasteiger partial charge in [-0.25, -0.2) is 4.79 Å². The van der Waals surface area contributed by atoms with Gasteiger partial charge in [-0.1, -0.05) is 0 Å². The van der Waals surface area contributed by atoms with Crippen molar-refractivity contribution in [2.75, 3.05) is 26.5 Å². The van der Waals surface area contributed by atoms with Crippen molar-refractivity contribution in [2.45, 2.75) is 18.3 Å². The smallest absolute Gasteiger partial charge is 0.352 e. The zero-order chi connectivity index (χ0) is 16.4. The molecular weight excluding hydrogens is 310 g/mol. The lowest BCUT2D eigenvalue weighted by molar-refractivity contribution is -0.148. The van der Waals surface area contributed by atoms with E-state index in [1.165, 1.54) is 23.6 Å². The molecule has 0 unspecified atom stereocenters. The van der Waals surface area contributed by atoms with Crippen LogP contribution < -0.4 is 0 Å². The lowest BCUT2D eigenvalue weighted by Gasteiger charge is -2.47. The molecule has 0 spiro atoms. The molecule has 1 N–H and O–H groups in total. The molecule has 2 heterocycles. The zero-order valence-electron chi connectivity index (χ0n) is 12.5. The summed E-state index contributed by atoms with van der Waals surface area (Å²) in [6.45, 7) is 1.13. The molecule has 1 amide bonds. The molecule has 2 atom stereocenters. The van der Waals surface area contributed by atoms with Crippen molar-refractivity contribution in [2.24, 2.45) is 4.99 Å². The van der Waals surface area contributed by atoms with Crippen molar-refractivity contribution in [3.63, 3.8) is 0 Å². The molecule has 22 heavy (non-hydrogen) atoms. The highest BCUT2D eigenvalue weighted by Crippen LogP contribution is 2.41. The first-order valence-electron chi connectivity index (χ1n) is 6.56. The first kappa shape index (κ1) is 16.3. The summed E-state index contributed by atoms with van der Waals surface area (Å²) < 4.78 is 4.86. The number of carbonyl (C=O) groups is 3. The molecule has 0 aromatic carbocycles. The molecule has 9 heteroatoms. The highest BCUT2D eigenvalue weighted by molar-refractivity contribution is 8.00. The Hall–Kier alpha value is -2.03. The number of hydrogen-bond acceptors (Lipinski definition) is 6. The zero-order valence-corrected chi connectivity index (χ0v) is 13.3. The van der Waals surface area contributed by atoms with E-state index in [-0.39, 0.29) is 23.6 Å². The fourth-order valence-electron chi connectivity index (χ4n) is 2.17. The number of carboxylic acid groups (broad SMARTS) is 1. The monoisotopic (exact) mass is 327 g/mol. The Bertz CT molecular complexity index is 572. The van der Waals surface area contributed by atoms with E-state index >= 15 is 0 Å². The summed E-state index contributed by atoms with van der Waals surface area (Å²) in [6, 6.07) is -0.572. The number of thioether (sulfide) groups is 1. The molecule has 8 nitrogen and oxygen atoms in total. The Morgan fingerprint density at radius 1 is 1.55 bits per heavy atom. The number of carbonyl (C=O) groups excluding carboxylic acids is 2. The lowest BCUT2D eigenvalue weighted by atomic mass is 10.0. The topological polar surface area (TPSA) is 99.5 Å². The highest BCUT2D eigenvalue weighted by Gasteiger charge is 2.53. The summed E-state index contributed by atoms with van der Waals surface area (Å²) >= 11 is 1.42. The number of rotatable bonds is 5. The van der Waals surface area contributed by atoms with Crippen molar-refractivity contribution in [1.82, 2.24) is 9.80 Å². The molecule has 0 radical (unpaired) electrons. The van der Waals surface area contributed by atoms with Gasteiger partial charge in [-0.2, -0.15) is 0 Å². The molecule has 2 aliphatic rings. The number of carboxylic acids is 1. The number of β-lactam (4-membered cyclic amide) rings is 1. The van der Waals surface area contributed by atoms with Gasteiger partial charge < -0.3 is 14.7 Å². The summed E-state index contributed by atoms with van der Waals surface area (Å²) in [4.78, 5) is 41.7. The van der Waals surface area contributed by atoms with Gasteiger partial charge in [-0.3, -0.25) is 19.5 Å². The average Bonchev–Trinajstić information content (AvgIpc) is 2.43. The highest BCUT2D eigenvalue weighted by atomic mass is 32.2. The van der Waals surface area contributed by atoms with E-state index < -0.39 is 18.0 Å². The molecule has 0 aromatic heterocycles. The van der Waals surface area contributed by atoms with Crippen molar-refractivity contribution in [1.29, 1.82) is 0 Å². The minimum Gasteiger partial charge on any atom is -0.477 e. The van der Waals surface area contributed by atoms with Crippen LogP contribution in [0.2, 0.25) is 0 Å².